The molecule has 5 N–H and O–H groups in total. The Kier molecular flexibility index (Phi) is 11.2. The molecule has 2 aromatic rings. The summed E-state index contributed by atoms with van der Waals surface area (Å²) in [6.07, 6.45) is 0.691. The zero-order valence-electron chi connectivity index (χ0n) is 23.0. The molecule has 5 rings (SSSR count). The number of fused-ring (bicyclic) bond motifs is 1. The van der Waals surface area contributed by atoms with Crippen molar-refractivity contribution in [2.45, 2.75) is 37.9 Å². The van der Waals surface area contributed by atoms with Crippen molar-refractivity contribution in [2.75, 3.05) is 56.2 Å². The molecule has 3 heterocycles. The average Bonchev–Trinajstić information content (AvgIpc) is 3.25. The van der Waals surface area contributed by atoms with Crippen LogP contribution in [0.15, 0.2) is 47.9 Å². The number of amides is 1. The van der Waals surface area contributed by atoms with E-state index in [0.717, 1.165) is 69.1 Å². The minimum atomic E-state index is -1.42. The smallest absolute Gasteiger partial charge is 0.377 e. The summed E-state index contributed by atoms with van der Waals surface area (Å²) in [5, 5.41) is 39.2. The maximum absolute atomic E-state index is 11.5. The Morgan fingerprint density at radius 2 is 1.81 bits per heavy atom. The van der Waals surface area contributed by atoms with Gasteiger partial charge in [0.15, 0.2) is 11.9 Å². The summed E-state index contributed by atoms with van der Waals surface area (Å²) in [5.74, 6) is -1.88. The Labute approximate surface area is 253 Å². The SMILES string of the molecule is O=C1CCc2ccc(OCCCCN3CCN(c4cccc(Cl)c4Cl)CC3)cc2N1.O=C1OC(C(O)CO)C(O)=C1O. The predicted octanol–water partition coefficient (Wildman–Crippen LogP) is 3.45. The molecule has 0 aromatic heterocycles. The van der Waals surface area contributed by atoms with E-state index in [4.69, 9.17) is 48.4 Å². The molecule has 0 aliphatic carbocycles. The molecular formula is C29H35Cl2N3O8. The van der Waals surface area contributed by atoms with E-state index in [9.17, 15) is 9.59 Å². The van der Waals surface area contributed by atoms with E-state index >= 15 is 0 Å². The first-order valence-electron chi connectivity index (χ1n) is 13.8. The highest BCUT2D eigenvalue weighted by Gasteiger charge is 2.38. The van der Waals surface area contributed by atoms with Crippen LogP contribution in [-0.2, 0) is 20.7 Å². The number of nitrogens with zero attached hydrogens (tertiary/aromatic N) is 2. The van der Waals surface area contributed by atoms with Gasteiger partial charge in [0, 0.05) is 44.4 Å². The summed E-state index contributed by atoms with van der Waals surface area (Å²) in [6.45, 7) is 5.04. The van der Waals surface area contributed by atoms with Gasteiger partial charge in [0.25, 0.3) is 0 Å². The second-order valence-electron chi connectivity index (χ2n) is 10.1. The number of cyclic esters (lactones) is 1. The largest absolute Gasteiger partial charge is 0.505 e. The number of rotatable bonds is 9. The summed E-state index contributed by atoms with van der Waals surface area (Å²) in [6, 6.07) is 11.8. The first-order valence-corrected chi connectivity index (χ1v) is 14.5. The average molecular weight is 625 g/mol. The van der Waals surface area contributed by atoms with Gasteiger partial charge in [-0.3, -0.25) is 9.69 Å². The van der Waals surface area contributed by atoms with Crippen molar-refractivity contribution >= 4 is 46.5 Å². The molecule has 42 heavy (non-hydrogen) atoms. The Bertz CT molecular complexity index is 1300. The number of hydrogen-bond acceptors (Lipinski definition) is 10. The van der Waals surface area contributed by atoms with E-state index in [2.05, 4.69) is 25.9 Å². The zero-order valence-corrected chi connectivity index (χ0v) is 24.5. The van der Waals surface area contributed by atoms with Crippen LogP contribution in [0.5, 0.6) is 5.75 Å². The van der Waals surface area contributed by atoms with Crippen molar-refractivity contribution in [3.05, 3.63) is 63.5 Å². The maximum Gasteiger partial charge on any atom is 0.377 e. The summed E-state index contributed by atoms with van der Waals surface area (Å²) >= 11 is 12.5. The first-order chi connectivity index (χ1) is 20.2. The lowest BCUT2D eigenvalue weighted by atomic mass is 10.0. The fraction of sp³-hybridized carbons (Fsp3) is 0.448. The van der Waals surface area contributed by atoms with Crippen molar-refractivity contribution in [1.82, 2.24) is 4.90 Å². The highest BCUT2D eigenvalue weighted by Crippen LogP contribution is 2.33. The molecule has 2 atom stereocenters. The molecule has 2 aromatic carbocycles. The van der Waals surface area contributed by atoms with Crippen molar-refractivity contribution in [3.63, 3.8) is 0 Å². The maximum atomic E-state index is 11.5. The van der Waals surface area contributed by atoms with Gasteiger partial charge in [-0.15, -0.1) is 0 Å². The quantitative estimate of drug-likeness (QED) is 0.207. The second kappa shape index (κ2) is 14.8. The Hall–Kier alpha value is -3.22. The fourth-order valence-corrected chi connectivity index (χ4v) is 5.25. The third-order valence-corrected chi connectivity index (χ3v) is 8.04. The second-order valence-corrected chi connectivity index (χ2v) is 10.9. The number of unbranched alkanes of at least 4 members (excludes halogenated alkanes) is 1. The van der Waals surface area contributed by atoms with Gasteiger partial charge in [-0.2, -0.15) is 0 Å². The van der Waals surface area contributed by atoms with Gasteiger partial charge in [0.2, 0.25) is 11.7 Å². The van der Waals surface area contributed by atoms with Crippen LogP contribution in [0.25, 0.3) is 0 Å². The molecular weight excluding hydrogens is 589 g/mol. The van der Waals surface area contributed by atoms with Crippen LogP contribution in [0.1, 0.15) is 24.8 Å². The van der Waals surface area contributed by atoms with E-state index in [0.29, 0.717) is 23.1 Å². The van der Waals surface area contributed by atoms with Crippen LogP contribution in [0.2, 0.25) is 10.0 Å². The van der Waals surface area contributed by atoms with Crippen LogP contribution in [-0.4, -0.2) is 95.3 Å². The first kappa shape index (κ1) is 31.7. The number of aliphatic hydroxyl groups excluding tert-OH is 4. The van der Waals surface area contributed by atoms with Gasteiger partial charge < -0.3 is 40.1 Å². The van der Waals surface area contributed by atoms with Crippen molar-refractivity contribution in [1.29, 1.82) is 0 Å². The van der Waals surface area contributed by atoms with Crippen LogP contribution in [0.4, 0.5) is 11.4 Å². The lowest BCUT2D eigenvalue weighted by molar-refractivity contribution is -0.147. The Balaban J connectivity index is 0.000000283. The number of aryl methyl sites for hydroxylation is 1. The van der Waals surface area contributed by atoms with Gasteiger partial charge in [0.05, 0.1) is 28.9 Å². The molecule has 0 saturated carbocycles. The zero-order chi connectivity index (χ0) is 30.2. The number of anilines is 2. The minimum absolute atomic E-state index is 0.0809. The van der Waals surface area contributed by atoms with Crippen molar-refractivity contribution in [2.24, 2.45) is 0 Å². The number of aliphatic hydroxyl groups is 4. The Morgan fingerprint density at radius 3 is 2.50 bits per heavy atom. The van der Waals surface area contributed by atoms with Crippen molar-refractivity contribution in [3.8, 4) is 5.75 Å². The van der Waals surface area contributed by atoms with Gasteiger partial charge in [-0.25, -0.2) is 4.79 Å². The number of carbonyl (C=O) groups excluding carboxylic acids is 2. The standard InChI is InChI=1S/C23H27Cl2N3O2.C6H8O6/c24-19-4-3-5-21(23(19)25)28-13-11-27(12-14-28)10-1-2-15-30-18-8-6-17-7-9-22(29)26-20(17)16-18;7-1-2(8)5-3(9)4(10)6(11)12-5/h3-6,8,16H,1-2,7,9-15H2,(H,26,29);2,5,7-10H,1H2. The summed E-state index contributed by atoms with van der Waals surface area (Å²) in [4.78, 5) is 26.9. The molecule has 228 valence electrons. The van der Waals surface area contributed by atoms with E-state index in [1.54, 1.807) is 0 Å². The number of piperazine rings is 1. The lowest BCUT2D eigenvalue weighted by Gasteiger charge is -2.36. The fourth-order valence-electron chi connectivity index (χ4n) is 4.84. The monoisotopic (exact) mass is 623 g/mol. The number of nitrogens with one attached hydrogen (secondary N) is 1. The highest BCUT2D eigenvalue weighted by atomic mass is 35.5. The van der Waals surface area contributed by atoms with E-state index in [1.165, 1.54) is 5.56 Å². The third-order valence-electron chi connectivity index (χ3n) is 7.23. The number of hydrogen-bond donors (Lipinski definition) is 5. The van der Waals surface area contributed by atoms with Gasteiger partial charge in [-0.1, -0.05) is 35.3 Å². The summed E-state index contributed by atoms with van der Waals surface area (Å²) in [5.41, 5.74) is 3.10. The van der Waals surface area contributed by atoms with Crippen molar-refractivity contribution < 1.29 is 39.5 Å². The van der Waals surface area contributed by atoms with E-state index in [1.807, 2.05) is 30.3 Å². The Morgan fingerprint density at radius 1 is 1.05 bits per heavy atom. The molecule has 1 fully saturated rings. The number of carbonyl (C=O) groups is 2. The van der Waals surface area contributed by atoms with Gasteiger partial charge >= 0.3 is 5.97 Å². The summed E-state index contributed by atoms with van der Waals surface area (Å²) in [7, 11) is 0. The highest BCUT2D eigenvalue weighted by molar-refractivity contribution is 6.43. The van der Waals surface area contributed by atoms with Gasteiger partial charge in [-0.05, 0) is 49.6 Å². The minimum Gasteiger partial charge on any atom is -0.505 e. The molecule has 1 saturated heterocycles. The molecule has 13 heteroatoms. The number of esters is 1. The van der Waals surface area contributed by atoms with Crippen LogP contribution in [0, 0.1) is 0 Å². The molecule has 0 radical (unpaired) electrons. The molecule has 3 aliphatic heterocycles. The summed E-state index contributed by atoms with van der Waals surface area (Å²) < 4.78 is 10.2. The van der Waals surface area contributed by atoms with Crippen LogP contribution in [0.3, 0.4) is 0 Å². The third kappa shape index (κ3) is 7.99. The molecule has 0 bridgehead atoms. The molecule has 3 aliphatic rings. The van der Waals surface area contributed by atoms with E-state index in [-0.39, 0.29) is 5.91 Å². The normalized spacial score (nSPS) is 19.4. The number of halogens is 2. The van der Waals surface area contributed by atoms with Crippen LogP contribution >= 0.6 is 23.2 Å². The van der Waals surface area contributed by atoms with Crippen LogP contribution < -0.4 is 15.0 Å². The molecule has 1 amide bonds. The number of ether oxygens (including phenoxy) is 2. The predicted molar refractivity (Wildman–Crippen MR) is 158 cm³/mol. The topological polar surface area (TPSA) is 152 Å². The van der Waals surface area contributed by atoms with E-state index < -0.39 is 36.3 Å². The lowest BCUT2D eigenvalue weighted by Crippen LogP contribution is -2.46. The molecule has 0 spiro atoms. The molecule has 2 unspecified atom stereocenters. The molecule has 11 nitrogen and oxygen atoms in total. The van der Waals surface area contributed by atoms with Gasteiger partial charge in [0.1, 0.15) is 11.9 Å². The number of benzene rings is 2.